The van der Waals surface area contributed by atoms with Crippen molar-refractivity contribution in [3.63, 3.8) is 0 Å². The fourth-order valence-corrected chi connectivity index (χ4v) is 3.79. The van der Waals surface area contributed by atoms with Gasteiger partial charge >= 0.3 is 0 Å². The molecule has 0 radical (unpaired) electrons. The number of amides is 1. The molecule has 1 aromatic heterocycles. The third kappa shape index (κ3) is 6.73. The first-order valence-electron chi connectivity index (χ1n) is 8.68. The molecule has 1 aliphatic carbocycles. The van der Waals surface area contributed by atoms with Gasteiger partial charge in [0.25, 0.3) is 0 Å². The van der Waals surface area contributed by atoms with Crippen molar-refractivity contribution in [3.8, 4) is 0 Å². The van der Waals surface area contributed by atoms with Gasteiger partial charge in [0.1, 0.15) is 11.6 Å². The number of likely N-dealkylation sites (N-methyl/N-ethyl adjacent to an activating group) is 1. The maximum absolute atomic E-state index is 11.8. The molecular weight excluding hydrogens is 449 g/mol. The highest BCUT2D eigenvalue weighted by Crippen LogP contribution is 2.27. The minimum atomic E-state index is 0. The number of hydrogen-bond acceptors (Lipinski definition) is 4. The lowest BCUT2D eigenvalue weighted by Gasteiger charge is -2.21. The molecule has 0 bridgehead atoms. The van der Waals surface area contributed by atoms with E-state index in [0.717, 1.165) is 36.9 Å². The zero-order valence-corrected chi connectivity index (χ0v) is 18.8. The highest BCUT2D eigenvalue weighted by Gasteiger charge is 2.17. The second-order valence-electron chi connectivity index (χ2n) is 6.40. The molecule has 25 heavy (non-hydrogen) atoms. The van der Waals surface area contributed by atoms with Gasteiger partial charge in [-0.2, -0.15) is 0 Å². The van der Waals surface area contributed by atoms with Crippen LogP contribution in [0, 0.1) is 0 Å². The number of guanidine groups is 1. The number of aromatic nitrogens is 1. The summed E-state index contributed by atoms with van der Waals surface area (Å²) in [7, 11) is 5.50. The van der Waals surface area contributed by atoms with Crippen molar-refractivity contribution in [2.75, 3.05) is 34.2 Å². The van der Waals surface area contributed by atoms with E-state index < -0.39 is 0 Å². The molecule has 0 fully saturated rings. The summed E-state index contributed by atoms with van der Waals surface area (Å²) in [6.07, 6.45) is 5.83. The van der Waals surface area contributed by atoms with Gasteiger partial charge in [-0.25, -0.2) is 9.98 Å². The molecule has 0 aromatic carbocycles. The maximum Gasteiger partial charge on any atom is 0.243 e. The van der Waals surface area contributed by atoms with Crippen molar-refractivity contribution in [2.45, 2.75) is 45.6 Å². The Morgan fingerprint density at radius 1 is 1.28 bits per heavy atom. The van der Waals surface area contributed by atoms with E-state index in [2.05, 4.69) is 22.1 Å². The van der Waals surface area contributed by atoms with Gasteiger partial charge in [-0.1, -0.05) is 6.92 Å². The van der Waals surface area contributed by atoms with Crippen LogP contribution in [0.5, 0.6) is 0 Å². The van der Waals surface area contributed by atoms with E-state index >= 15 is 0 Å². The van der Waals surface area contributed by atoms with Crippen molar-refractivity contribution >= 4 is 47.2 Å². The maximum atomic E-state index is 11.8. The van der Waals surface area contributed by atoms with Crippen molar-refractivity contribution in [3.05, 3.63) is 15.6 Å². The molecule has 8 heteroatoms. The van der Waals surface area contributed by atoms with Crippen molar-refractivity contribution in [2.24, 2.45) is 4.99 Å². The molecule has 0 saturated carbocycles. The number of rotatable bonds is 6. The highest BCUT2D eigenvalue weighted by molar-refractivity contribution is 14.0. The number of aliphatic imine (C=N–C) groups is 1. The van der Waals surface area contributed by atoms with E-state index in [1.54, 1.807) is 19.0 Å². The number of thiazole rings is 1. The van der Waals surface area contributed by atoms with E-state index in [-0.39, 0.29) is 36.4 Å². The molecule has 1 heterocycles. The number of carbonyl (C=O) groups excluding carboxylic acids is 1. The van der Waals surface area contributed by atoms with Crippen molar-refractivity contribution in [1.82, 2.24) is 20.1 Å². The molecule has 1 amide bonds. The SMILES string of the molecule is CCCNC(=NCC(=O)N(C)C)N(C)Cc1nc2c(s1)CCCC2.I. The fraction of sp³-hybridized carbons (Fsp3) is 0.706. The Morgan fingerprint density at radius 2 is 2.00 bits per heavy atom. The molecular formula is C17H30IN5OS. The Morgan fingerprint density at radius 3 is 2.64 bits per heavy atom. The minimum Gasteiger partial charge on any atom is -0.356 e. The standard InChI is InChI=1S/C17H29N5OS.HI/c1-5-10-18-17(19-11-16(23)21(2)3)22(4)12-15-20-13-8-6-7-9-14(13)24-15;/h5-12H2,1-4H3,(H,18,19);1H. The number of nitrogens with zero attached hydrogens (tertiary/aromatic N) is 4. The van der Waals surface area contributed by atoms with Crippen LogP contribution >= 0.6 is 35.3 Å². The normalized spacial score (nSPS) is 13.7. The van der Waals surface area contributed by atoms with E-state index in [1.165, 1.54) is 29.8 Å². The number of nitrogens with one attached hydrogen (secondary N) is 1. The van der Waals surface area contributed by atoms with Crippen LogP contribution in [0.2, 0.25) is 0 Å². The minimum absolute atomic E-state index is 0. The molecule has 0 saturated heterocycles. The predicted octanol–water partition coefficient (Wildman–Crippen LogP) is 2.52. The van der Waals surface area contributed by atoms with Gasteiger partial charge in [0, 0.05) is 32.6 Å². The summed E-state index contributed by atoms with van der Waals surface area (Å²) in [6, 6.07) is 0. The molecule has 0 aliphatic heterocycles. The van der Waals surface area contributed by atoms with Crippen LogP contribution in [-0.4, -0.2) is 60.9 Å². The smallest absolute Gasteiger partial charge is 0.243 e. The van der Waals surface area contributed by atoms with Crippen LogP contribution in [-0.2, 0) is 24.2 Å². The highest BCUT2D eigenvalue weighted by atomic mass is 127. The Kier molecular flexibility index (Phi) is 9.70. The molecule has 142 valence electrons. The number of fused-ring (bicyclic) bond motifs is 1. The largest absolute Gasteiger partial charge is 0.356 e. The summed E-state index contributed by atoms with van der Waals surface area (Å²) in [5, 5.41) is 4.46. The topological polar surface area (TPSA) is 60.8 Å². The van der Waals surface area contributed by atoms with Crippen LogP contribution in [0.25, 0.3) is 0 Å². The molecule has 1 aliphatic rings. The first-order valence-corrected chi connectivity index (χ1v) is 9.50. The number of carbonyl (C=O) groups is 1. The van der Waals surface area contributed by atoms with Gasteiger partial charge < -0.3 is 15.1 Å². The summed E-state index contributed by atoms with van der Waals surface area (Å²) in [6.45, 7) is 3.85. The lowest BCUT2D eigenvalue weighted by atomic mass is 10.0. The molecule has 6 nitrogen and oxygen atoms in total. The molecule has 0 unspecified atom stereocenters. The first-order chi connectivity index (χ1) is 11.5. The fourth-order valence-electron chi connectivity index (χ4n) is 2.58. The summed E-state index contributed by atoms with van der Waals surface area (Å²) >= 11 is 1.82. The molecule has 1 aromatic rings. The summed E-state index contributed by atoms with van der Waals surface area (Å²) in [5.41, 5.74) is 1.29. The van der Waals surface area contributed by atoms with Gasteiger partial charge in [-0.15, -0.1) is 35.3 Å². The number of hydrogen-bond donors (Lipinski definition) is 1. The Bertz CT molecular complexity index is 564. The first kappa shape index (κ1) is 22.1. The van der Waals surface area contributed by atoms with Gasteiger partial charge in [0.15, 0.2) is 5.96 Å². The van der Waals surface area contributed by atoms with Gasteiger partial charge in [0.05, 0.1) is 12.2 Å². The van der Waals surface area contributed by atoms with Gasteiger partial charge in [-0.3, -0.25) is 4.79 Å². The molecule has 2 rings (SSSR count). The lowest BCUT2D eigenvalue weighted by Crippen LogP contribution is -2.39. The Hall–Kier alpha value is -0.900. The average molecular weight is 479 g/mol. The zero-order valence-electron chi connectivity index (χ0n) is 15.7. The van der Waals surface area contributed by atoms with Crippen LogP contribution in [0.3, 0.4) is 0 Å². The van der Waals surface area contributed by atoms with E-state index in [4.69, 9.17) is 4.98 Å². The van der Waals surface area contributed by atoms with Gasteiger partial charge in [0.2, 0.25) is 5.91 Å². The summed E-state index contributed by atoms with van der Waals surface area (Å²) in [5.74, 6) is 0.768. The average Bonchev–Trinajstić information content (AvgIpc) is 2.96. The predicted molar refractivity (Wildman–Crippen MR) is 115 cm³/mol. The zero-order chi connectivity index (χ0) is 17.5. The lowest BCUT2D eigenvalue weighted by molar-refractivity contribution is -0.127. The monoisotopic (exact) mass is 479 g/mol. The van der Waals surface area contributed by atoms with Gasteiger partial charge in [-0.05, 0) is 32.1 Å². The van der Waals surface area contributed by atoms with Crippen LogP contribution in [0.15, 0.2) is 4.99 Å². The second kappa shape index (κ2) is 10.9. The van der Waals surface area contributed by atoms with E-state index in [1.807, 2.05) is 18.4 Å². The Balaban J connectivity index is 0.00000312. The quantitative estimate of drug-likeness (QED) is 0.387. The van der Waals surface area contributed by atoms with Crippen LogP contribution in [0.1, 0.15) is 41.8 Å². The summed E-state index contributed by atoms with van der Waals surface area (Å²) in [4.78, 5) is 26.1. The second-order valence-corrected chi connectivity index (χ2v) is 7.56. The molecule has 0 spiro atoms. The summed E-state index contributed by atoms with van der Waals surface area (Å²) < 4.78 is 0. The van der Waals surface area contributed by atoms with E-state index in [0.29, 0.717) is 0 Å². The number of halogens is 1. The molecule has 1 N–H and O–H groups in total. The number of aryl methyl sites for hydroxylation is 2. The third-order valence-corrected chi connectivity index (χ3v) is 5.16. The molecule has 0 atom stereocenters. The van der Waals surface area contributed by atoms with Crippen LogP contribution < -0.4 is 5.32 Å². The van der Waals surface area contributed by atoms with Crippen LogP contribution in [0.4, 0.5) is 0 Å². The van der Waals surface area contributed by atoms with Crippen molar-refractivity contribution < 1.29 is 4.79 Å². The van der Waals surface area contributed by atoms with Crippen molar-refractivity contribution in [1.29, 1.82) is 0 Å². The Labute approximate surface area is 172 Å². The van der Waals surface area contributed by atoms with E-state index in [9.17, 15) is 4.79 Å². The third-order valence-electron chi connectivity index (χ3n) is 4.02.